The standard InChI is InChI=1S/C24H29N5O5/c1-32-20-13-18-19(14-21(20)33-2)27-16-29(24(18)31)7-3-4-23(30)26-15-17-5-6-25-22(12-17)28-8-10-34-11-9-28/h5-6,12-14,16H,3-4,7-11,15H2,1-2H3,(H,26,30). The van der Waals surface area contributed by atoms with Crippen molar-refractivity contribution < 1.29 is 19.0 Å². The molecule has 10 nitrogen and oxygen atoms in total. The first-order chi connectivity index (χ1) is 16.6. The number of hydrogen-bond donors (Lipinski definition) is 1. The fraction of sp³-hybridized carbons (Fsp3) is 0.417. The molecule has 3 heterocycles. The molecule has 0 aliphatic carbocycles. The Morgan fingerprint density at radius 2 is 1.88 bits per heavy atom. The summed E-state index contributed by atoms with van der Waals surface area (Å²) in [7, 11) is 3.06. The Bertz CT molecular complexity index is 1210. The van der Waals surface area contributed by atoms with Gasteiger partial charge in [0.1, 0.15) is 5.82 Å². The second-order valence-electron chi connectivity index (χ2n) is 7.97. The second-order valence-corrected chi connectivity index (χ2v) is 7.97. The van der Waals surface area contributed by atoms with Crippen LogP contribution < -0.4 is 25.2 Å². The third kappa shape index (κ3) is 5.45. The molecule has 0 radical (unpaired) electrons. The molecule has 1 amide bonds. The number of rotatable bonds is 9. The van der Waals surface area contributed by atoms with Crippen LogP contribution in [-0.4, -0.2) is 61.0 Å². The summed E-state index contributed by atoms with van der Waals surface area (Å²) in [6, 6.07) is 7.20. The van der Waals surface area contributed by atoms with E-state index in [1.807, 2.05) is 12.1 Å². The van der Waals surface area contributed by atoms with Crippen LogP contribution in [0.5, 0.6) is 11.5 Å². The molecule has 10 heteroatoms. The number of nitrogens with zero attached hydrogens (tertiary/aromatic N) is 4. The average molecular weight is 468 g/mol. The number of anilines is 1. The van der Waals surface area contributed by atoms with E-state index >= 15 is 0 Å². The van der Waals surface area contributed by atoms with Crippen LogP contribution in [0.15, 0.2) is 41.6 Å². The van der Waals surface area contributed by atoms with Gasteiger partial charge in [0.25, 0.3) is 5.56 Å². The fourth-order valence-electron chi connectivity index (χ4n) is 3.88. The van der Waals surface area contributed by atoms with Crippen LogP contribution in [-0.2, 0) is 22.6 Å². The molecular weight excluding hydrogens is 438 g/mol. The molecule has 1 aliphatic rings. The highest BCUT2D eigenvalue weighted by atomic mass is 16.5. The third-order valence-electron chi connectivity index (χ3n) is 5.77. The maximum Gasteiger partial charge on any atom is 0.261 e. The predicted molar refractivity (Wildman–Crippen MR) is 127 cm³/mol. The molecule has 1 N–H and O–H groups in total. The molecule has 0 saturated carbocycles. The molecule has 180 valence electrons. The van der Waals surface area contributed by atoms with E-state index < -0.39 is 0 Å². The number of amides is 1. The zero-order valence-corrected chi connectivity index (χ0v) is 19.5. The Hall–Kier alpha value is -3.66. The van der Waals surface area contributed by atoms with Crippen molar-refractivity contribution in [2.24, 2.45) is 0 Å². The van der Waals surface area contributed by atoms with E-state index in [1.165, 1.54) is 25.1 Å². The average Bonchev–Trinajstić information content (AvgIpc) is 2.89. The van der Waals surface area contributed by atoms with Crippen molar-refractivity contribution in [3.05, 3.63) is 52.7 Å². The van der Waals surface area contributed by atoms with E-state index in [1.54, 1.807) is 18.3 Å². The van der Waals surface area contributed by atoms with Gasteiger partial charge in [0.05, 0.1) is 44.7 Å². The number of carbonyl (C=O) groups is 1. The number of aromatic nitrogens is 3. The van der Waals surface area contributed by atoms with Crippen molar-refractivity contribution in [3.63, 3.8) is 0 Å². The van der Waals surface area contributed by atoms with Crippen molar-refractivity contribution in [1.29, 1.82) is 0 Å². The number of methoxy groups -OCH3 is 2. The molecule has 0 bridgehead atoms. The van der Waals surface area contributed by atoms with Gasteiger partial charge in [0.2, 0.25) is 5.91 Å². The van der Waals surface area contributed by atoms with Crippen LogP contribution in [0.3, 0.4) is 0 Å². The summed E-state index contributed by atoms with van der Waals surface area (Å²) in [5.41, 5.74) is 1.34. The Balaban J connectivity index is 1.31. The van der Waals surface area contributed by atoms with Gasteiger partial charge in [0.15, 0.2) is 11.5 Å². The maximum atomic E-state index is 12.9. The molecule has 2 aromatic heterocycles. The lowest BCUT2D eigenvalue weighted by atomic mass is 10.2. The summed E-state index contributed by atoms with van der Waals surface area (Å²) in [6.07, 6.45) is 4.08. The first-order valence-electron chi connectivity index (χ1n) is 11.2. The SMILES string of the molecule is COc1cc2ncn(CCCC(=O)NCc3ccnc(N4CCOCC4)c3)c(=O)c2cc1OC. The van der Waals surface area contributed by atoms with Gasteiger partial charge in [0, 0.05) is 44.9 Å². The molecule has 0 unspecified atom stereocenters. The molecule has 4 rings (SSSR count). The van der Waals surface area contributed by atoms with E-state index in [-0.39, 0.29) is 11.5 Å². The summed E-state index contributed by atoms with van der Waals surface area (Å²) >= 11 is 0. The number of benzene rings is 1. The van der Waals surface area contributed by atoms with Crippen LogP contribution in [0, 0.1) is 0 Å². The summed E-state index contributed by atoms with van der Waals surface area (Å²) < 4.78 is 17.5. The molecule has 1 saturated heterocycles. The van der Waals surface area contributed by atoms with Crippen molar-refractivity contribution in [2.75, 3.05) is 45.4 Å². The van der Waals surface area contributed by atoms with E-state index in [0.717, 1.165) is 24.5 Å². The fourth-order valence-corrected chi connectivity index (χ4v) is 3.88. The number of ether oxygens (including phenoxy) is 3. The third-order valence-corrected chi connectivity index (χ3v) is 5.77. The van der Waals surface area contributed by atoms with Gasteiger partial charge >= 0.3 is 0 Å². The summed E-state index contributed by atoms with van der Waals surface area (Å²) in [4.78, 5) is 36.2. The highest BCUT2D eigenvalue weighted by Crippen LogP contribution is 2.29. The smallest absolute Gasteiger partial charge is 0.261 e. The van der Waals surface area contributed by atoms with E-state index in [4.69, 9.17) is 14.2 Å². The lowest BCUT2D eigenvalue weighted by Gasteiger charge is -2.28. The Morgan fingerprint density at radius 1 is 1.12 bits per heavy atom. The summed E-state index contributed by atoms with van der Waals surface area (Å²) in [6.45, 7) is 3.83. The first kappa shape index (κ1) is 23.5. The predicted octanol–water partition coefficient (Wildman–Crippen LogP) is 1.74. The van der Waals surface area contributed by atoms with Crippen molar-refractivity contribution in [1.82, 2.24) is 19.9 Å². The Labute approximate surface area is 197 Å². The van der Waals surface area contributed by atoms with Crippen molar-refractivity contribution in [3.8, 4) is 11.5 Å². The van der Waals surface area contributed by atoms with Gasteiger partial charge in [-0.2, -0.15) is 0 Å². The molecular formula is C24H29N5O5. The molecule has 34 heavy (non-hydrogen) atoms. The van der Waals surface area contributed by atoms with E-state index in [9.17, 15) is 9.59 Å². The molecule has 1 aliphatic heterocycles. The van der Waals surface area contributed by atoms with Gasteiger partial charge in [-0.15, -0.1) is 0 Å². The molecule has 0 atom stereocenters. The maximum absolute atomic E-state index is 12.9. The quantitative estimate of drug-likeness (QED) is 0.507. The van der Waals surface area contributed by atoms with Gasteiger partial charge in [-0.25, -0.2) is 9.97 Å². The first-order valence-corrected chi connectivity index (χ1v) is 11.2. The molecule has 1 aromatic carbocycles. The topological polar surface area (TPSA) is 108 Å². The van der Waals surface area contributed by atoms with Crippen LogP contribution >= 0.6 is 0 Å². The monoisotopic (exact) mass is 467 g/mol. The van der Waals surface area contributed by atoms with Gasteiger partial charge in [-0.05, 0) is 30.2 Å². The minimum atomic E-state index is -0.182. The minimum absolute atomic E-state index is 0.0714. The number of aryl methyl sites for hydroxylation is 1. The highest BCUT2D eigenvalue weighted by molar-refractivity contribution is 5.81. The highest BCUT2D eigenvalue weighted by Gasteiger charge is 2.13. The van der Waals surface area contributed by atoms with Crippen LogP contribution in [0.25, 0.3) is 10.9 Å². The second kappa shape index (κ2) is 11.0. The van der Waals surface area contributed by atoms with Crippen LogP contribution in [0.2, 0.25) is 0 Å². The lowest BCUT2D eigenvalue weighted by molar-refractivity contribution is -0.121. The van der Waals surface area contributed by atoms with E-state index in [0.29, 0.717) is 61.5 Å². The van der Waals surface area contributed by atoms with Crippen molar-refractivity contribution in [2.45, 2.75) is 25.9 Å². The summed E-state index contributed by atoms with van der Waals surface area (Å²) in [5.74, 6) is 1.81. The van der Waals surface area contributed by atoms with Crippen LogP contribution in [0.4, 0.5) is 5.82 Å². The van der Waals surface area contributed by atoms with Gasteiger partial charge < -0.3 is 24.4 Å². The number of nitrogens with one attached hydrogen (secondary N) is 1. The molecule has 1 fully saturated rings. The Kier molecular flexibility index (Phi) is 7.58. The largest absolute Gasteiger partial charge is 0.493 e. The van der Waals surface area contributed by atoms with E-state index in [2.05, 4.69) is 20.2 Å². The number of carbonyl (C=O) groups excluding carboxylic acids is 1. The molecule has 0 spiro atoms. The minimum Gasteiger partial charge on any atom is -0.493 e. The number of hydrogen-bond acceptors (Lipinski definition) is 8. The van der Waals surface area contributed by atoms with Crippen molar-refractivity contribution >= 4 is 22.6 Å². The zero-order chi connectivity index (χ0) is 23.9. The van der Waals surface area contributed by atoms with Gasteiger partial charge in [-0.1, -0.05) is 0 Å². The summed E-state index contributed by atoms with van der Waals surface area (Å²) in [5, 5.41) is 3.39. The number of fused-ring (bicyclic) bond motifs is 1. The number of pyridine rings is 1. The normalized spacial score (nSPS) is 13.6. The number of morpholine rings is 1. The van der Waals surface area contributed by atoms with Crippen LogP contribution in [0.1, 0.15) is 18.4 Å². The molecule has 3 aromatic rings. The van der Waals surface area contributed by atoms with Gasteiger partial charge in [-0.3, -0.25) is 14.2 Å². The Morgan fingerprint density at radius 3 is 2.65 bits per heavy atom. The zero-order valence-electron chi connectivity index (χ0n) is 19.5. The lowest BCUT2D eigenvalue weighted by Crippen LogP contribution is -2.36.